The van der Waals surface area contributed by atoms with Crippen molar-refractivity contribution in [1.82, 2.24) is 14.8 Å². The summed E-state index contributed by atoms with van der Waals surface area (Å²) in [7, 11) is 0. The fourth-order valence-corrected chi connectivity index (χ4v) is 4.17. The third-order valence-corrected chi connectivity index (χ3v) is 5.81. The van der Waals surface area contributed by atoms with Crippen molar-refractivity contribution >= 4 is 21.7 Å². The summed E-state index contributed by atoms with van der Waals surface area (Å²) in [4.78, 5) is 18.2. The fraction of sp³-hybridized carbons (Fsp3) is 0.148. The van der Waals surface area contributed by atoms with Crippen molar-refractivity contribution in [2.24, 2.45) is 0 Å². The summed E-state index contributed by atoms with van der Waals surface area (Å²) in [5.41, 5.74) is 5.19. The Morgan fingerprint density at radius 1 is 0.806 bits per heavy atom. The van der Waals surface area contributed by atoms with Crippen molar-refractivity contribution in [1.29, 1.82) is 0 Å². The highest BCUT2D eigenvalue weighted by atomic mass is 16.1. The van der Waals surface area contributed by atoms with Gasteiger partial charge in [-0.3, -0.25) is 9.78 Å². The molecular formula is C27H23N3O. The average molecular weight is 406 g/mol. The van der Waals surface area contributed by atoms with Crippen molar-refractivity contribution < 1.29 is 0 Å². The van der Waals surface area contributed by atoms with Crippen molar-refractivity contribution in [3.63, 3.8) is 0 Å². The quantitative estimate of drug-likeness (QED) is 0.392. The molecule has 0 aliphatic heterocycles. The number of hydrogen-bond donors (Lipinski definition) is 0. The molecule has 0 N–H and O–H groups in total. The van der Waals surface area contributed by atoms with Crippen LogP contribution >= 0.6 is 0 Å². The highest BCUT2D eigenvalue weighted by Gasteiger charge is 2.13. The smallest absolute Gasteiger partial charge is 0.267 e. The third kappa shape index (κ3) is 3.61. The van der Waals surface area contributed by atoms with E-state index in [1.165, 1.54) is 5.56 Å². The van der Waals surface area contributed by atoms with Gasteiger partial charge >= 0.3 is 0 Å². The molecule has 31 heavy (non-hydrogen) atoms. The molecule has 0 aliphatic rings. The summed E-state index contributed by atoms with van der Waals surface area (Å²) in [6.07, 6.45) is 3.36. The van der Waals surface area contributed by atoms with Crippen LogP contribution < -0.4 is 5.56 Å². The summed E-state index contributed by atoms with van der Waals surface area (Å²) in [6, 6.07) is 26.4. The number of rotatable bonds is 5. The first-order valence-corrected chi connectivity index (χ1v) is 10.7. The van der Waals surface area contributed by atoms with Crippen LogP contribution in [0, 0.1) is 0 Å². The van der Waals surface area contributed by atoms with Gasteiger partial charge in [-0.2, -0.15) is 5.10 Å². The zero-order chi connectivity index (χ0) is 21.2. The minimum atomic E-state index is -0.0557. The van der Waals surface area contributed by atoms with Gasteiger partial charge in [0, 0.05) is 22.9 Å². The Labute approximate surface area is 180 Å². The molecule has 4 heteroatoms. The minimum absolute atomic E-state index is 0.0557. The largest absolute Gasteiger partial charge is 0.275 e. The molecule has 0 amide bonds. The second kappa shape index (κ2) is 8.15. The Morgan fingerprint density at radius 2 is 1.58 bits per heavy atom. The maximum Gasteiger partial charge on any atom is 0.275 e. The van der Waals surface area contributed by atoms with Gasteiger partial charge in [0.1, 0.15) is 0 Å². The first-order chi connectivity index (χ1) is 15.2. The Bertz CT molecular complexity index is 1450. The van der Waals surface area contributed by atoms with E-state index in [9.17, 15) is 4.79 Å². The summed E-state index contributed by atoms with van der Waals surface area (Å²) in [5.74, 6) is 0. The predicted molar refractivity (Wildman–Crippen MR) is 126 cm³/mol. The Balaban J connectivity index is 1.54. The first-order valence-electron chi connectivity index (χ1n) is 10.7. The predicted octanol–water partition coefficient (Wildman–Crippen LogP) is 5.42. The molecule has 152 valence electrons. The lowest BCUT2D eigenvalue weighted by molar-refractivity contribution is 0.580. The number of pyridine rings is 1. The summed E-state index contributed by atoms with van der Waals surface area (Å²) in [5, 5.41) is 7.15. The molecule has 0 saturated heterocycles. The van der Waals surface area contributed by atoms with Crippen LogP contribution in [0.4, 0.5) is 0 Å². The first kappa shape index (κ1) is 19.2. The monoisotopic (exact) mass is 405 g/mol. The highest BCUT2D eigenvalue weighted by molar-refractivity contribution is 5.96. The number of hydrogen-bond acceptors (Lipinski definition) is 3. The summed E-state index contributed by atoms with van der Waals surface area (Å²) < 4.78 is 1.57. The SMILES string of the molecule is CCc1ccccc1-c1cccc2cnn(CCc3ccc4ccccc4n3)c(=O)c12. The highest BCUT2D eigenvalue weighted by Crippen LogP contribution is 2.29. The topological polar surface area (TPSA) is 47.8 Å². The van der Waals surface area contributed by atoms with E-state index in [4.69, 9.17) is 4.98 Å². The lowest BCUT2D eigenvalue weighted by Crippen LogP contribution is -2.24. The number of nitrogens with zero attached hydrogens (tertiary/aromatic N) is 3. The molecule has 2 heterocycles. The maximum atomic E-state index is 13.4. The van der Waals surface area contributed by atoms with Gasteiger partial charge in [-0.1, -0.05) is 73.7 Å². The van der Waals surface area contributed by atoms with Crippen LogP contribution in [0.1, 0.15) is 18.2 Å². The van der Waals surface area contributed by atoms with Crippen molar-refractivity contribution in [3.05, 3.63) is 107 Å². The zero-order valence-electron chi connectivity index (χ0n) is 17.5. The maximum absolute atomic E-state index is 13.4. The number of aromatic nitrogens is 3. The normalized spacial score (nSPS) is 11.3. The molecule has 4 nitrogen and oxygen atoms in total. The molecule has 5 aromatic rings. The van der Waals surface area contributed by atoms with E-state index in [0.29, 0.717) is 13.0 Å². The molecule has 3 aromatic carbocycles. The molecule has 0 fully saturated rings. The molecule has 2 aromatic heterocycles. The summed E-state index contributed by atoms with van der Waals surface area (Å²) in [6.45, 7) is 2.63. The standard InChI is InChI=1S/C27H23N3O/c1-2-19-8-3-5-11-23(19)24-12-7-10-21-18-28-30(27(31)26(21)24)17-16-22-15-14-20-9-4-6-13-25(20)29-22/h3-15,18H,2,16-17H2,1H3. The molecule has 0 aliphatic carbocycles. The van der Waals surface area contributed by atoms with E-state index in [1.807, 2.05) is 54.6 Å². The third-order valence-electron chi connectivity index (χ3n) is 5.81. The molecule has 0 spiro atoms. The molecule has 5 rings (SSSR count). The van der Waals surface area contributed by atoms with Crippen LogP contribution in [0.25, 0.3) is 32.8 Å². The lowest BCUT2D eigenvalue weighted by atomic mass is 9.95. The van der Waals surface area contributed by atoms with Gasteiger partial charge in [0.25, 0.3) is 5.56 Å². The average Bonchev–Trinajstić information content (AvgIpc) is 2.83. The number of benzene rings is 3. The molecule has 0 saturated carbocycles. The van der Waals surface area contributed by atoms with Crippen molar-refractivity contribution in [3.8, 4) is 11.1 Å². The van der Waals surface area contributed by atoms with E-state index in [2.05, 4.69) is 36.3 Å². The van der Waals surface area contributed by atoms with Gasteiger partial charge < -0.3 is 0 Å². The van der Waals surface area contributed by atoms with Crippen LogP contribution in [0.5, 0.6) is 0 Å². The van der Waals surface area contributed by atoms with Crippen LogP contribution in [0.2, 0.25) is 0 Å². The minimum Gasteiger partial charge on any atom is -0.267 e. The lowest BCUT2D eigenvalue weighted by Gasteiger charge is -2.12. The van der Waals surface area contributed by atoms with Crippen LogP contribution in [0.3, 0.4) is 0 Å². The Hall–Kier alpha value is -3.79. The molecule has 0 bridgehead atoms. The van der Waals surface area contributed by atoms with Gasteiger partial charge in [-0.15, -0.1) is 0 Å². The van der Waals surface area contributed by atoms with Crippen molar-refractivity contribution in [2.75, 3.05) is 0 Å². The second-order valence-corrected chi connectivity index (χ2v) is 7.70. The number of fused-ring (bicyclic) bond motifs is 2. The van der Waals surface area contributed by atoms with E-state index < -0.39 is 0 Å². The number of aryl methyl sites for hydroxylation is 3. The van der Waals surface area contributed by atoms with E-state index in [0.717, 1.165) is 44.9 Å². The van der Waals surface area contributed by atoms with Crippen molar-refractivity contribution in [2.45, 2.75) is 26.3 Å². The van der Waals surface area contributed by atoms with Gasteiger partial charge in [-0.05, 0) is 35.2 Å². The van der Waals surface area contributed by atoms with Gasteiger partial charge in [0.2, 0.25) is 0 Å². The number of para-hydroxylation sites is 1. The van der Waals surface area contributed by atoms with Crippen LogP contribution in [-0.2, 0) is 19.4 Å². The van der Waals surface area contributed by atoms with Crippen LogP contribution in [-0.4, -0.2) is 14.8 Å². The molecular weight excluding hydrogens is 382 g/mol. The van der Waals surface area contributed by atoms with E-state index >= 15 is 0 Å². The molecule has 0 radical (unpaired) electrons. The second-order valence-electron chi connectivity index (χ2n) is 7.70. The molecule has 0 atom stereocenters. The molecule has 0 unspecified atom stereocenters. The van der Waals surface area contributed by atoms with Gasteiger partial charge in [0.05, 0.1) is 23.6 Å². The Kier molecular flexibility index (Phi) is 5.04. The van der Waals surface area contributed by atoms with Gasteiger partial charge in [-0.25, -0.2) is 4.68 Å². The van der Waals surface area contributed by atoms with E-state index in [1.54, 1.807) is 10.9 Å². The summed E-state index contributed by atoms with van der Waals surface area (Å²) >= 11 is 0. The fourth-order valence-electron chi connectivity index (χ4n) is 4.17. The van der Waals surface area contributed by atoms with Gasteiger partial charge in [0.15, 0.2) is 0 Å². The van der Waals surface area contributed by atoms with Crippen LogP contribution in [0.15, 0.2) is 89.9 Å². The van der Waals surface area contributed by atoms with E-state index in [-0.39, 0.29) is 5.56 Å². The zero-order valence-corrected chi connectivity index (χ0v) is 17.5. The Morgan fingerprint density at radius 3 is 2.48 bits per heavy atom.